The standard InChI is InChI=1S/C29H27ClN4O6/c1-40-25-8-3-2-7-22(25)27(36)32-26-16-23(33-34-26)28(37)31-21(15-24(35)29(38)39)13-17-9-11-18(12-10-17)19-5-4-6-20(30)14-19/h2-12,14,16,21,24,35H,13,15H2,1H3,(H,31,37)(H,38,39)(H2,32,33,34,36). The molecule has 3 aromatic carbocycles. The van der Waals surface area contributed by atoms with E-state index in [1.807, 2.05) is 42.5 Å². The van der Waals surface area contributed by atoms with Gasteiger partial charge >= 0.3 is 5.97 Å². The van der Waals surface area contributed by atoms with Crippen LogP contribution in [0.2, 0.25) is 5.02 Å². The van der Waals surface area contributed by atoms with Crippen LogP contribution >= 0.6 is 11.6 Å². The molecule has 2 amide bonds. The summed E-state index contributed by atoms with van der Waals surface area (Å²) in [6.07, 6.45) is -1.63. The molecule has 0 radical (unpaired) electrons. The number of amides is 2. The number of aliphatic hydroxyl groups is 1. The Labute approximate surface area is 235 Å². The number of methoxy groups -OCH3 is 1. The second kappa shape index (κ2) is 12.9. The number of aromatic nitrogens is 2. The Morgan fingerprint density at radius 2 is 1.73 bits per heavy atom. The minimum Gasteiger partial charge on any atom is -0.496 e. The fraction of sp³-hybridized carbons (Fsp3) is 0.172. The minimum absolute atomic E-state index is 0.0430. The number of anilines is 1. The largest absolute Gasteiger partial charge is 0.496 e. The van der Waals surface area contributed by atoms with Crippen LogP contribution in [0, 0.1) is 0 Å². The number of aliphatic hydroxyl groups excluding tert-OH is 1. The lowest BCUT2D eigenvalue weighted by atomic mass is 9.97. The molecule has 5 N–H and O–H groups in total. The normalized spacial score (nSPS) is 12.3. The van der Waals surface area contributed by atoms with Crippen molar-refractivity contribution in [3.63, 3.8) is 0 Å². The van der Waals surface area contributed by atoms with Gasteiger partial charge in [0.05, 0.1) is 12.7 Å². The third-order valence-corrected chi connectivity index (χ3v) is 6.37. The molecule has 0 saturated heterocycles. The van der Waals surface area contributed by atoms with E-state index in [2.05, 4.69) is 20.8 Å². The number of nitrogens with zero attached hydrogens (tertiary/aromatic N) is 1. The highest BCUT2D eigenvalue weighted by Crippen LogP contribution is 2.24. The number of H-pyrrole nitrogens is 1. The number of para-hydroxylation sites is 1. The molecule has 0 spiro atoms. The Bertz CT molecular complexity index is 1500. The molecule has 0 fully saturated rings. The first-order valence-electron chi connectivity index (χ1n) is 12.3. The maximum Gasteiger partial charge on any atom is 0.332 e. The third kappa shape index (κ3) is 7.25. The maximum atomic E-state index is 13.0. The van der Waals surface area contributed by atoms with Crippen LogP contribution in [0.3, 0.4) is 0 Å². The van der Waals surface area contributed by atoms with Crippen molar-refractivity contribution < 1.29 is 29.3 Å². The Morgan fingerprint density at radius 1 is 0.975 bits per heavy atom. The fourth-order valence-corrected chi connectivity index (χ4v) is 4.32. The number of hydrogen-bond acceptors (Lipinski definition) is 6. The number of hydrogen-bond donors (Lipinski definition) is 5. The van der Waals surface area contributed by atoms with E-state index in [1.165, 1.54) is 13.2 Å². The third-order valence-electron chi connectivity index (χ3n) is 6.14. The Balaban J connectivity index is 1.45. The Kier molecular flexibility index (Phi) is 9.15. The lowest BCUT2D eigenvalue weighted by Crippen LogP contribution is -2.40. The van der Waals surface area contributed by atoms with Crippen molar-refractivity contribution in [3.05, 3.63) is 101 Å². The molecule has 4 aromatic rings. The number of benzene rings is 3. The number of carbonyl (C=O) groups is 3. The van der Waals surface area contributed by atoms with Crippen LogP contribution in [0.1, 0.15) is 32.8 Å². The zero-order chi connectivity index (χ0) is 28.6. The molecule has 0 bridgehead atoms. The van der Waals surface area contributed by atoms with Gasteiger partial charge in [0.15, 0.2) is 11.9 Å². The maximum absolute atomic E-state index is 13.0. The van der Waals surface area contributed by atoms with E-state index in [4.69, 9.17) is 16.3 Å². The molecule has 2 unspecified atom stereocenters. The number of ether oxygens (including phenoxy) is 1. The molecule has 4 rings (SSSR count). The first kappa shape index (κ1) is 28.3. The summed E-state index contributed by atoms with van der Waals surface area (Å²) in [5.41, 5.74) is 3.04. The van der Waals surface area contributed by atoms with Crippen molar-refractivity contribution >= 4 is 35.2 Å². The lowest BCUT2D eigenvalue weighted by molar-refractivity contribution is -0.147. The average Bonchev–Trinajstić information content (AvgIpc) is 3.42. The molecule has 206 valence electrons. The van der Waals surface area contributed by atoms with Gasteiger partial charge < -0.3 is 25.6 Å². The SMILES string of the molecule is COc1ccccc1C(=O)Nc1cc(C(=O)NC(Cc2ccc(-c3cccc(Cl)c3)cc2)CC(O)C(=O)O)[nH]n1. The zero-order valence-electron chi connectivity index (χ0n) is 21.4. The van der Waals surface area contributed by atoms with Crippen LogP contribution in [-0.4, -0.2) is 57.4 Å². The van der Waals surface area contributed by atoms with Crippen molar-refractivity contribution in [1.29, 1.82) is 0 Å². The summed E-state index contributed by atoms with van der Waals surface area (Å²) < 4.78 is 5.20. The van der Waals surface area contributed by atoms with Crippen LogP contribution < -0.4 is 15.4 Å². The van der Waals surface area contributed by atoms with Crippen molar-refractivity contribution in [3.8, 4) is 16.9 Å². The van der Waals surface area contributed by atoms with E-state index in [-0.39, 0.29) is 24.4 Å². The predicted molar refractivity (Wildman–Crippen MR) is 150 cm³/mol. The number of carboxylic acids is 1. The van der Waals surface area contributed by atoms with E-state index in [0.29, 0.717) is 16.3 Å². The molecule has 10 nitrogen and oxygen atoms in total. The van der Waals surface area contributed by atoms with Crippen molar-refractivity contribution in [2.75, 3.05) is 12.4 Å². The van der Waals surface area contributed by atoms with Gasteiger partial charge in [0, 0.05) is 23.6 Å². The molecule has 0 aliphatic carbocycles. The molecule has 0 saturated carbocycles. The van der Waals surface area contributed by atoms with Crippen molar-refractivity contribution in [2.45, 2.75) is 25.0 Å². The van der Waals surface area contributed by atoms with Crippen molar-refractivity contribution in [1.82, 2.24) is 15.5 Å². The van der Waals surface area contributed by atoms with Gasteiger partial charge in [0.1, 0.15) is 11.4 Å². The lowest BCUT2D eigenvalue weighted by Gasteiger charge is -2.20. The van der Waals surface area contributed by atoms with Gasteiger partial charge in [-0.2, -0.15) is 5.10 Å². The summed E-state index contributed by atoms with van der Waals surface area (Å²) in [5.74, 6) is -1.95. The first-order chi connectivity index (χ1) is 19.2. The number of nitrogens with one attached hydrogen (secondary N) is 3. The molecular weight excluding hydrogens is 536 g/mol. The summed E-state index contributed by atoms with van der Waals surface area (Å²) in [5, 5.41) is 31.7. The first-order valence-corrected chi connectivity index (χ1v) is 12.7. The summed E-state index contributed by atoms with van der Waals surface area (Å²) in [7, 11) is 1.45. The predicted octanol–water partition coefficient (Wildman–Crippen LogP) is 4.17. The smallest absolute Gasteiger partial charge is 0.332 e. The van der Waals surface area contributed by atoms with E-state index >= 15 is 0 Å². The molecule has 11 heteroatoms. The highest BCUT2D eigenvalue weighted by Gasteiger charge is 2.24. The van der Waals surface area contributed by atoms with Gasteiger partial charge in [0.2, 0.25) is 0 Å². The quantitative estimate of drug-likeness (QED) is 0.184. The molecule has 1 aromatic heterocycles. The Morgan fingerprint density at radius 3 is 2.42 bits per heavy atom. The molecule has 1 heterocycles. The van der Waals surface area contributed by atoms with Gasteiger partial charge in [-0.25, -0.2) is 4.79 Å². The second-order valence-electron chi connectivity index (χ2n) is 8.99. The molecule has 2 atom stereocenters. The van der Waals surface area contributed by atoms with Gasteiger partial charge in [-0.3, -0.25) is 14.7 Å². The fourth-order valence-electron chi connectivity index (χ4n) is 4.13. The summed E-state index contributed by atoms with van der Waals surface area (Å²) in [4.78, 5) is 36.9. The highest BCUT2D eigenvalue weighted by molar-refractivity contribution is 6.30. The number of halogens is 1. The number of aromatic amines is 1. The number of aliphatic carboxylic acids is 1. The highest BCUT2D eigenvalue weighted by atomic mass is 35.5. The second-order valence-corrected chi connectivity index (χ2v) is 9.43. The molecule has 0 aliphatic rings. The number of carboxylic acid groups (broad SMARTS) is 1. The average molecular weight is 563 g/mol. The Hall–Kier alpha value is -4.67. The van der Waals surface area contributed by atoms with Gasteiger partial charge in [-0.1, -0.05) is 60.1 Å². The molecule has 40 heavy (non-hydrogen) atoms. The monoisotopic (exact) mass is 562 g/mol. The van der Waals surface area contributed by atoms with E-state index in [1.54, 1.807) is 30.3 Å². The van der Waals surface area contributed by atoms with Gasteiger partial charge in [-0.05, 0) is 47.4 Å². The van der Waals surface area contributed by atoms with E-state index < -0.39 is 29.9 Å². The van der Waals surface area contributed by atoms with Crippen LogP contribution in [0.4, 0.5) is 5.82 Å². The topological polar surface area (TPSA) is 154 Å². The van der Waals surface area contributed by atoms with Gasteiger partial charge in [0.25, 0.3) is 11.8 Å². The van der Waals surface area contributed by atoms with Crippen LogP contribution in [-0.2, 0) is 11.2 Å². The minimum atomic E-state index is -1.67. The number of rotatable bonds is 11. The van der Waals surface area contributed by atoms with Gasteiger partial charge in [-0.15, -0.1) is 0 Å². The molecule has 0 aliphatic heterocycles. The summed E-state index contributed by atoms with van der Waals surface area (Å²) in [6.45, 7) is 0. The van der Waals surface area contributed by atoms with E-state index in [9.17, 15) is 24.6 Å². The summed E-state index contributed by atoms with van der Waals surface area (Å²) in [6, 6.07) is 22.3. The van der Waals surface area contributed by atoms with Crippen LogP contribution in [0.25, 0.3) is 11.1 Å². The summed E-state index contributed by atoms with van der Waals surface area (Å²) >= 11 is 6.09. The van der Waals surface area contributed by atoms with E-state index in [0.717, 1.165) is 16.7 Å². The number of carbonyl (C=O) groups excluding carboxylic acids is 2. The van der Waals surface area contributed by atoms with Crippen molar-refractivity contribution in [2.24, 2.45) is 0 Å². The zero-order valence-corrected chi connectivity index (χ0v) is 22.2. The van der Waals surface area contributed by atoms with Crippen LogP contribution in [0.5, 0.6) is 5.75 Å². The van der Waals surface area contributed by atoms with Crippen LogP contribution in [0.15, 0.2) is 78.9 Å². The molecular formula is C29H27ClN4O6.